The van der Waals surface area contributed by atoms with Gasteiger partial charge >= 0.3 is 5.97 Å². The molecule has 0 aromatic carbocycles. The second-order valence-corrected chi connectivity index (χ2v) is 5.23. The van der Waals surface area contributed by atoms with E-state index in [1.54, 1.807) is 26.1 Å². The Bertz CT molecular complexity index is 480. The molecule has 18 heavy (non-hydrogen) atoms. The van der Waals surface area contributed by atoms with E-state index in [2.05, 4.69) is 0 Å². The van der Waals surface area contributed by atoms with Crippen molar-refractivity contribution in [2.24, 2.45) is 5.92 Å². The molecule has 1 heterocycles. The Hall–Kier alpha value is -1.69. The number of carboxylic acids is 1. The zero-order chi connectivity index (χ0) is 13.9. The average molecular weight is 269 g/mol. The third-order valence-electron chi connectivity index (χ3n) is 2.48. The summed E-state index contributed by atoms with van der Waals surface area (Å²) in [6, 6.07) is 3.19. The number of hydrogen-bond donors (Lipinski definition) is 1. The van der Waals surface area contributed by atoms with E-state index in [4.69, 9.17) is 5.11 Å². The lowest BCUT2D eigenvalue weighted by molar-refractivity contribution is -0.141. The van der Waals surface area contributed by atoms with E-state index in [1.165, 1.54) is 11.8 Å². The molecule has 6 heteroatoms. The van der Waals surface area contributed by atoms with E-state index >= 15 is 0 Å². The van der Waals surface area contributed by atoms with Crippen LogP contribution in [0, 0.1) is 5.92 Å². The second-order valence-electron chi connectivity index (χ2n) is 4.15. The van der Waals surface area contributed by atoms with Crippen LogP contribution in [0.1, 0.15) is 33.2 Å². The Kier molecular flexibility index (Phi) is 4.61. The van der Waals surface area contributed by atoms with Gasteiger partial charge in [0.05, 0.1) is 15.7 Å². The molecule has 1 aromatic rings. The molecule has 0 bridgehead atoms. The van der Waals surface area contributed by atoms with Crippen LogP contribution in [0.4, 0.5) is 0 Å². The first-order valence-electron chi connectivity index (χ1n) is 5.42. The largest absolute Gasteiger partial charge is 0.481 e. The Balaban J connectivity index is 2.74. The van der Waals surface area contributed by atoms with Gasteiger partial charge in [-0.1, -0.05) is 6.92 Å². The summed E-state index contributed by atoms with van der Waals surface area (Å²) >= 11 is 1.12. The van der Waals surface area contributed by atoms with Crippen molar-refractivity contribution in [1.82, 2.24) is 4.90 Å². The highest BCUT2D eigenvalue weighted by Gasteiger charge is 2.20. The molecule has 1 N–H and O–H groups in total. The summed E-state index contributed by atoms with van der Waals surface area (Å²) in [5, 5.41) is 8.78. The number of ketones is 1. The fourth-order valence-electron chi connectivity index (χ4n) is 1.40. The van der Waals surface area contributed by atoms with Gasteiger partial charge in [0.15, 0.2) is 5.78 Å². The molecule has 0 spiro atoms. The van der Waals surface area contributed by atoms with Gasteiger partial charge in [0, 0.05) is 13.6 Å². The molecule has 0 radical (unpaired) electrons. The molecule has 0 saturated carbocycles. The minimum atomic E-state index is -0.940. The van der Waals surface area contributed by atoms with Crippen molar-refractivity contribution in [3.63, 3.8) is 0 Å². The molecule has 1 amide bonds. The average Bonchev–Trinajstić information content (AvgIpc) is 2.76. The van der Waals surface area contributed by atoms with E-state index in [0.29, 0.717) is 9.75 Å². The predicted molar refractivity (Wildman–Crippen MR) is 68.1 cm³/mol. The molecule has 0 aliphatic rings. The van der Waals surface area contributed by atoms with Gasteiger partial charge in [0.25, 0.3) is 5.91 Å². The van der Waals surface area contributed by atoms with Gasteiger partial charge in [-0.3, -0.25) is 14.4 Å². The highest BCUT2D eigenvalue weighted by molar-refractivity contribution is 7.15. The maximum Gasteiger partial charge on any atom is 0.308 e. The first kappa shape index (κ1) is 14.4. The molecular weight excluding hydrogens is 254 g/mol. The number of amides is 1. The number of rotatable bonds is 5. The number of aliphatic carboxylic acids is 1. The quantitative estimate of drug-likeness (QED) is 0.826. The normalized spacial score (nSPS) is 11.9. The summed E-state index contributed by atoms with van der Waals surface area (Å²) in [6.45, 7) is 3.12. The van der Waals surface area contributed by atoms with Crippen LogP contribution in [0.15, 0.2) is 12.1 Å². The monoisotopic (exact) mass is 269 g/mol. The number of carboxylic acid groups (broad SMARTS) is 1. The first-order valence-corrected chi connectivity index (χ1v) is 6.23. The summed E-state index contributed by atoms with van der Waals surface area (Å²) in [4.78, 5) is 36.1. The number of thiophene rings is 1. The smallest absolute Gasteiger partial charge is 0.308 e. The standard InChI is InChI=1S/C12H15NO4S/c1-7(12(16)17)6-13(3)11(15)10-5-4-9(18-10)8(2)14/h4-5,7H,6H2,1-3H3,(H,16,17). The van der Waals surface area contributed by atoms with Gasteiger partial charge in [-0.2, -0.15) is 0 Å². The van der Waals surface area contributed by atoms with Crippen molar-refractivity contribution in [1.29, 1.82) is 0 Å². The molecule has 1 aromatic heterocycles. The van der Waals surface area contributed by atoms with Gasteiger partial charge in [0.1, 0.15) is 0 Å². The van der Waals surface area contributed by atoms with Crippen LogP contribution in [0.25, 0.3) is 0 Å². The topological polar surface area (TPSA) is 74.7 Å². The number of carbonyl (C=O) groups is 3. The van der Waals surface area contributed by atoms with Crippen molar-refractivity contribution in [3.05, 3.63) is 21.9 Å². The van der Waals surface area contributed by atoms with Crippen LogP contribution < -0.4 is 0 Å². The molecule has 1 rings (SSSR count). The molecule has 1 unspecified atom stereocenters. The fourth-order valence-corrected chi connectivity index (χ4v) is 2.30. The lowest BCUT2D eigenvalue weighted by Crippen LogP contribution is -2.33. The third-order valence-corrected chi connectivity index (χ3v) is 3.65. The maximum absolute atomic E-state index is 12.0. The minimum Gasteiger partial charge on any atom is -0.481 e. The summed E-state index contributed by atoms with van der Waals surface area (Å²) in [6.07, 6.45) is 0. The van der Waals surface area contributed by atoms with Crippen molar-refractivity contribution < 1.29 is 19.5 Å². The van der Waals surface area contributed by atoms with Crippen molar-refractivity contribution in [3.8, 4) is 0 Å². The maximum atomic E-state index is 12.0. The van der Waals surface area contributed by atoms with E-state index < -0.39 is 11.9 Å². The molecule has 0 fully saturated rings. The molecule has 98 valence electrons. The summed E-state index contributed by atoms with van der Waals surface area (Å²) in [7, 11) is 1.55. The van der Waals surface area contributed by atoms with Crippen LogP contribution in [-0.2, 0) is 4.79 Å². The van der Waals surface area contributed by atoms with Crippen LogP contribution in [0.2, 0.25) is 0 Å². The minimum absolute atomic E-state index is 0.0828. The SMILES string of the molecule is CC(=O)c1ccc(C(=O)N(C)CC(C)C(=O)O)s1. The number of carbonyl (C=O) groups excluding carboxylic acids is 2. The predicted octanol–water partition coefficient (Wildman–Crippen LogP) is 1.74. The Morgan fingerprint density at radius 2 is 1.89 bits per heavy atom. The second kappa shape index (κ2) is 5.77. The first-order chi connectivity index (χ1) is 8.32. The molecule has 5 nitrogen and oxygen atoms in total. The third kappa shape index (κ3) is 3.40. The molecule has 0 aliphatic heterocycles. The number of Topliss-reactive ketones (excluding diaryl/α,β-unsaturated/α-hetero) is 1. The zero-order valence-corrected chi connectivity index (χ0v) is 11.3. The lowest BCUT2D eigenvalue weighted by Gasteiger charge is -2.18. The molecule has 1 atom stereocenters. The summed E-state index contributed by atoms with van der Waals surface area (Å²) < 4.78 is 0. The van der Waals surface area contributed by atoms with Gasteiger partial charge < -0.3 is 10.0 Å². The van der Waals surface area contributed by atoms with Crippen molar-refractivity contribution >= 4 is 29.0 Å². The Labute approximate surface area is 109 Å². The van der Waals surface area contributed by atoms with E-state index in [0.717, 1.165) is 11.3 Å². The Morgan fingerprint density at radius 1 is 1.33 bits per heavy atom. The highest BCUT2D eigenvalue weighted by atomic mass is 32.1. The Morgan fingerprint density at radius 3 is 2.33 bits per heavy atom. The summed E-state index contributed by atoms with van der Waals surface area (Å²) in [5.74, 6) is -1.90. The lowest BCUT2D eigenvalue weighted by atomic mass is 10.2. The van der Waals surface area contributed by atoms with Gasteiger partial charge in [-0.05, 0) is 19.1 Å². The highest BCUT2D eigenvalue weighted by Crippen LogP contribution is 2.18. The van der Waals surface area contributed by atoms with Gasteiger partial charge in [-0.15, -0.1) is 11.3 Å². The van der Waals surface area contributed by atoms with Crippen LogP contribution in [-0.4, -0.2) is 41.3 Å². The molecule has 0 aliphatic carbocycles. The summed E-state index contributed by atoms with van der Waals surface area (Å²) in [5.41, 5.74) is 0. The van der Waals surface area contributed by atoms with Crippen LogP contribution in [0.5, 0.6) is 0 Å². The fraction of sp³-hybridized carbons (Fsp3) is 0.417. The molecule has 0 saturated heterocycles. The van der Waals surface area contributed by atoms with Crippen LogP contribution in [0.3, 0.4) is 0 Å². The van der Waals surface area contributed by atoms with E-state index in [-0.39, 0.29) is 18.2 Å². The zero-order valence-electron chi connectivity index (χ0n) is 10.5. The van der Waals surface area contributed by atoms with Gasteiger partial charge in [-0.25, -0.2) is 0 Å². The van der Waals surface area contributed by atoms with Gasteiger partial charge in [0.2, 0.25) is 0 Å². The number of nitrogens with zero attached hydrogens (tertiary/aromatic N) is 1. The number of hydrogen-bond acceptors (Lipinski definition) is 4. The molecular formula is C12H15NO4S. The van der Waals surface area contributed by atoms with Crippen LogP contribution >= 0.6 is 11.3 Å². The van der Waals surface area contributed by atoms with Crippen molar-refractivity contribution in [2.45, 2.75) is 13.8 Å². The van der Waals surface area contributed by atoms with E-state index in [1.807, 2.05) is 0 Å². The van der Waals surface area contributed by atoms with E-state index in [9.17, 15) is 14.4 Å². The van der Waals surface area contributed by atoms with Crippen molar-refractivity contribution in [2.75, 3.05) is 13.6 Å².